The highest BCUT2D eigenvalue weighted by Gasteiger charge is 2.15. The van der Waals surface area contributed by atoms with Crippen LogP contribution in [-0.4, -0.2) is 25.8 Å². The van der Waals surface area contributed by atoms with Crippen molar-refractivity contribution in [3.8, 4) is 17.0 Å². The summed E-state index contributed by atoms with van der Waals surface area (Å²) in [4.78, 5) is 24.6. The molecule has 0 unspecified atom stereocenters. The van der Waals surface area contributed by atoms with Gasteiger partial charge in [-0.1, -0.05) is 29.8 Å². The number of fused-ring (bicyclic) bond motifs is 1. The molecule has 0 spiro atoms. The van der Waals surface area contributed by atoms with Crippen LogP contribution in [0.4, 0.5) is 11.4 Å². The van der Waals surface area contributed by atoms with E-state index in [1.165, 1.54) is 23.0 Å². The lowest BCUT2D eigenvalue weighted by atomic mass is 10.1. The SMILES string of the molecule is O=C(Nc1ccc2nn(-c3cccc(Cl)c3)nc2c1)c1ccc(-c2cccc([N+](=O)[O-])c2)o1. The van der Waals surface area contributed by atoms with Crippen LogP contribution in [0.1, 0.15) is 10.6 Å². The third-order valence-electron chi connectivity index (χ3n) is 4.85. The van der Waals surface area contributed by atoms with E-state index in [0.717, 1.165) is 0 Å². The number of nitro benzene ring substituents is 1. The molecule has 1 N–H and O–H groups in total. The molecule has 1 amide bonds. The fraction of sp³-hybridized carbons (Fsp3) is 0. The first-order valence-corrected chi connectivity index (χ1v) is 10.1. The van der Waals surface area contributed by atoms with E-state index in [2.05, 4.69) is 15.5 Å². The zero-order valence-corrected chi connectivity index (χ0v) is 17.6. The van der Waals surface area contributed by atoms with Crippen LogP contribution in [0.3, 0.4) is 0 Å². The van der Waals surface area contributed by atoms with Crippen LogP contribution in [-0.2, 0) is 0 Å². The molecule has 10 heteroatoms. The summed E-state index contributed by atoms with van der Waals surface area (Å²) in [5.41, 5.74) is 2.91. The summed E-state index contributed by atoms with van der Waals surface area (Å²) in [6.45, 7) is 0. The highest BCUT2D eigenvalue weighted by Crippen LogP contribution is 2.26. The largest absolute Gasteiger partial charge is 0.451 e. The van der Waals surface area contributed by atoms with Crippen molar-refractivity contribution in [3.05, 3.63) is 99.8 Å². The molecule has 0 saturated heterocycles. The number of halogens is 1. The second kappa shape index (κ2) is 8.21. The zero-order valence-electron chi connectivity index (χ0n) is 16.8. The first-order valence-electron chi connectivity index (χ1n) is 9.75. The minimum absolute atomic E-state index is 0.0611. The monoisotopic (exact) mass is 459 g/mol. The Hall–Kier alpha value is -4.50. The number of anilines is 1. The van der Waals surface area contributed by atoms with Crippen molar-refractivity contribution in [1.82, 2.24) is 15.0 Å². The third-order valence-corrected chi connectivity index (χ3v) is 5.08. The number of nitrogens with zero attached hydrogens (tertiary/aromatic N) is 4. The molecule has 0 bridgehead atoms. The highest BCUT2D eigenvalue weighted by molar-refractivity contribution is 6.30. The van der Waals surface area contributed by atoms with Gasteiger partial charge in [0.2, 0.25) is 0 Å². The first kappa shape index (κ1) is 20.4. The average Bonchev–Trinajstić information content (AvgIpc) is 3.46. The Balaban J connectivity index is 1.36. The predicted molar refractivity (Wildman–Crippen MR) is 123 cm³/mol. The summed E-state index contributed by atoms with van der Waals surface area (Å²) in [5.74, 6) is -0.0452. The van der Waals surface area contributed by atoms with Gasteiger partial charge in [0, 0.05) is 28.4 Å². The molecule has 162 valence electrons. The van der Waals surface area contributed by atoms with Crippen molar-refractivity contribution in [2.24, 2.45) is 0 Å². The van der Waals surface area contributed by atoms with Crippen molar-refractivity contribution >= 4 is 39.9 Å². The summed E-state index contributed by atoms with van der Waals surface area (Å²) >= 11 is 6.04. The molecule has 0 aliphatic carbocycles. The lowest BCUT2D eigenvalue weighted by Crippen LogP contribution is -2.10. The van der Waals surface area contributed by atoms with Crippen molar-refractivity contribution in [3.63, 3.8) is 0 Å². The number of carbonyl (C=O) groups excluding carboxylic acids is 1. The van der Waals surface area contributed by atoms with Gasteiger partial charge in [0.05, 0.1) is 10.6 Å². The molecule has 2 heterocycles. The molecule has 0 fully saturated rings. The van der Waals surface area contributed by atoms with Gasteiger partial charge in [0.1, 0.15) is 16.8 Å². The van der Waals surface area contributed by atoms with Gasteiger partial charge < -0.3 is 9.73 Å². The Morgan fingerprint density at radius 2 is 1.79 bits per heavy atom. The van der Waals surface area contributed by atoms with E-state index >= 15 is 0 Å². The molecule has 0 atom stereocenters. The van der Waals surface area contributed by atoms with E-state index in [-0.39, 0.29) is 11.4 Å². The molecule has 0 radical (unpaired) electrons. The second-order valence-corrected chi connectivity index (χ2v) is 7.53. The summed E-state index contributed by atoms with van der Waals surface area (Å²) in [6.07, 6.45) is 0. The van der Waals surface area contributed by atoms with Gasteiger partial charge in [-0.25, -0.2) is 0 Å². The van der Waals surface area contributed by atoms with Gasteiger partial charge in [0.25, 0.3) is 11.6 Å². The van der Waals surface area contributed by atoms with E-state index in [1.807, 2.05) is 12.1 Å². The molecule has 5 rings (SSSR count). The maximum Gasteiger partial charge on any atom is 0.291 e. The lowest BCUT2D eigenvalue weighted by Gasteiger charge is -2.02. The zero-order chi connectivity index (χ0) is 22.9. The number of rotatable bonds is 5. The number of hydrogen-bond acceptors (Lipinski definition) is 6. The van der Waals surface area contributed by atoms with E-state index in [4.69, 9.17) is 16.0 Å². The molecule has 9 nitrogen and oxygen atoms in total. The number of furan rings is 1. The van der Waals surface area contributed by atoms with Gasteiger partial charge in [-0.15, -0.1) is 10.2 Å². The number of carbonyl (C=O) groups is 1. The Morgan fingerprint density at radius 1 is 0.970 bits per heavy atom. The fourth-order valence-electron chi connectivity index (χ4n) is 3.29. The second-order valence-electron chi connectivity index (χ2n) is 7.10. The van der Waals surface area contributed by atoms with Gasteiger partial charge >= 0.3 is 0 Å². The van der Waals surface area contributed by atoms with Crippen LogP contribution < -0.4 is 5.32 Å². The average molecular weight is 460 g/mol. The summed E-state index contributed by atoms with van der Waals surface area (Å²) in [5, 5.41) is 23.2. The normalized spacial score (nSPS) is 10.9. The summed E-state index contributed by atoms with van der Waals surface area (Å²) in [6, 6.07) is 21.4. The van der Waals surface area contributed by atoms with Crippen LogP contribution in [0.2, 0.25) is 5.02 Å². The number of nitro groups is 1. The molecule has 0 saturated carbocycles. The number of nitrogens with one attached hydrogen (secondary N) is 1. The minimum atomic E-state index is -0.487. The maximum absolute atomic E-state index is 12.7. The topological polar surface area (TPSA) is 116 Å². The Labute approximate surface area is 191 Å². The van der Waals surface area contributed by atoms with Gasteiger partial charge in [-0.3, -0.25) is 14.9 Å². The highest BCUT2D eigenvalue weighted by atomic mass is 35.5. The van der Waals surface area contributed by atoms with Crippen molar-refractivity contribution in [1.29, 1.82) is 0 Å². The summed E-state index contributed by atoms with van der Waals surface area (Å²) in [7, 11) is 0. The van der Waals surface area contributed by atoms with E-state index < -0.39 is 10.8 Å². The van der Waals surface area contributed by atoms with Gasteiger partial charge in [0.15, 0.2) is 5.76 Å². The molecule has 33 heavy (non-hydrogen) atoms. The van der Waals surface area contributed by atoms with Crippen molar-refractivity contribution < 1.29 is 14.1 Å². The fourth-order valence-corrected chi connectivity index (χ4v) is 3.47. The molecule has 5 aromatic rings. The summed E-state index contributed by atoms with van der Waals surface area (Å²) < 4.78 is 5.62. The van der Waals surface area contributed by atoms with Crippen LogP contribution in [0.5, 0.6) is 0 Å². The van der Waals surface area contributed by atoms with Crippen molar-refractivity contribution in [2.45, 2.75) is 0 Å². The van der Waals surface area contributed by atoms with Crippen LogP contribution in [0, 0.1) is 10.1 Å². The minimum Gasteiger partial charge on any atom is -0.451 e. The Bertz CT molecular complexity index is 1520. The van der Waals surface area contributed by atoms with E-state index in [0.29, 0.717) is 38.8 Å². The molecule has 0 aliphatic heterocycles. The van der Waals surface area contributed by atoms with E-state index in [9.17, 15) is 14.9 Å². The predicted octanol–water partition coefficient (Wildman–Crippen LogP) is 5.49. The molecular formula is C23H14ClN5O4. The standard InChI is InChI=1S/C23H14ClN5O4/c24-15-4-2-5-17(12-15)28-26-19-8-7-16(13-20(19)27-28)25-23(30)22-10-9-21(33-22)14-3-1-6-18(11-14)29(31)32/h1-13H,(H,25,30). The van der Waals surface area contributed by atoms with Crippen LogP contribution >= 0.6 is 11.6 Å². The quantitative estimate of drug-likeness (QED) is 0.274. The van der Waals surface area contributed by atoms with Crippen molar-refractivity contribution in [2.75, 3.05) is 5.32 Å². The van der Waals surface area contributed by atoms with E-state index in [1.54, 1.807) is 48.5 Å². The Morgan fingerprint density at radius 3 is 2.61 bits per heavy atom. The number of benzene rings is 3. The Kier molecular flexibility index (Phi) is 5.08. The third kappa shape index (κ3) is 4.17. The number of aromatic nitrogens is 3. The molecular weight excluding hydrogens is 446 g/mol. The molecule has 3 aromatic carbocycles. The number of amides is 1. The lowest BCUT2D eigenvalue weighted by molar-refractivity contribution is -0.384. The molecule has 0 aliphatic rings. The number of hydrogen-bond donors (Lipinski definition) is 1. The molecule has 2 aromatic heterocycles. The van der Waals surface area contributed by atoms with Crippen LogP contribution in [0.25, 0.3) is 28.0 Å². The first-order chi connectivity index (χ1) is 16.0. The van der Waals surface area contributed by atoms with Gasteiger partial charge in [-0.05, 0) is 48.5 Å². The van der Waals surface area contributed by atoms with Crippen LogP contribution in [0.15, 0.2) is 83.3 Å². The smallest absolute Gasteiger partial charge is 0.291 e. The van der Waals surface area contributed by atoms with Gasteiger partial charge in [-0.2, -0.15) is 4.80 Å². The number of non-ortho nitro benzene ring substituents is 1. The maximum atomic E-state index is 12.7.